The Morgan fingerprint density at radius 1 is 1.27 bits per heavy atom. The number of fused-ring (bicyclic) bond motifs is 2. The Balaban J connectivity index is 2.03. The predicted octanol–water partition coefficient (Wildman–Crippen LogP) is 4.21. The number of hydrogen-bond acceptors (Lipinski definition) is 1. The first-order valence-corrected chi connectivity index (χ1v) is 6.30. The first kappa shape index (κ1) is 9.29. The zero-order valence-electron chi connectivity index (χ0n) is 8.81. The van der Waals surface area contributed by atoms with E-state index >= 15 is 0 Å². The lowest BCUT2D eigenvalue weighted by Gasteiger charge is -2.22. The molecule has 0 radical (unpaired) electrons. The monoisotopic (exact) mass is 214 g/mol. The van der Waals surface area contributed by atoms with Gasteiger partial charge >= 0.3 is 0 Å². The van der Waals surface area contributed by atoms with Crippen LogP contribution in [0.15, 0.2) is 57.9 Å². The maximum atomic E-state index is 2.32. The Kier molecular flexibility index (Phi) is 2.21. The predicted molar refractivity (Wildman–Crippen MR) is 67.4 cm³/mol. The van der Waals surface area contributed by atoms with Crippen molar-refractivity contribution in [3.8, 4) is 0 Å². The number of rotatable bonds is 0. The second kappa shape index (κ2) is 3.57. The highest BCUT2D eigenvalue weighted by molar-refractivity contribution is 8.07. The molecule has 0 nitrogen and oxygen atoms in total. The van der Waals surface area contributed by atoms with Crippen molar-refractivity contribution in [3.05, 3.63) is 57.9 Å². The fourth-order valence-corrected chi connectivity index (χ4v) is 3.89. The molecule has 1 aliphatic heterocycles. The summed E-state index contributed by atoms with van der Waals surface area (Å²) >= 11 is 1.96. The fourth-order valence-electron chi connectivity index (χ4n) is 2.52. The smallest absolute Gasteiger partial charge is 0.0189 e. The molecule has 2 aliphatic carbocycles. The van der Waals surface area contributed by atoms with Gasteiger partial charge in [0.25, 0.3) is 0 Å². The third kappa shape index (κ3) is 1.46. The summed E-state index contributed by atoms with van der Waals surface area (Å²) in [5.74, 6) is 1.31. The van der Waals surface area contributed by atoms with Crippen LogP contribution in [-0.4, -0.2) is 0 Å². The van der Waals surface area contributed by atoms with Crippen molar-refractivity contribution >= 4 is 11.8 Å². The molecule has 0 aromatic rings. The van der Waals surface area contributed by atoms with E-state index in [1.54, 1.807) is 5.57 Å². The molecular weight excluding hydrogens is 200 g/mol. The second-order valence-corrected chi connectivity index (χ2v) is 5.39. The third-order valence-electron chi connectivity index (χ3n) is 3.26. The van der Waals surface area contributed by atoms with Crippen LogP contribution in [-0.2, 0) is 0 Å². The van der Waals surface area contributed by atoms with E-state index in [9.17, 15) is 0 Å². The van der Waals surface area contributed by atoms with Gasteiger partial charge in [0.05, 0.1) is 0 Å². The van der Waals surface area contributed by atoms with Crippen LogP contribution in [0.2, 0.25) is 0 Å². The molecule has 0 N–H and O–H groups in total. The zero-order valence-corrected chi connectivity index (χ0v) is 9.63. The van der Waals surface area contributed by atoms with Crippen molar-refractivity contribution < 1.29 is 0 Å². The quantitative estimate of drug-likeness (QED) is 0.582. The van der Waals surface area contributed by atoms with E-state index in [-0.39, 0.29) is 0 Å². The number of thioether (sulfide) groups is 1. The van der Waals surface area contributed by atoms with Crippen LogP contribution in [0.1, 0.15) is 13.3 Å². The standard InChI is InChI=1S/C14H14S/c1-10-6-5-9-13-14(10)11-7-3-2-4-8-12(11)15-13/h2-6,8-10,14H,7H2,1H3/t10-,14?/m1/s1. The Morgan fingerprint density at radius 3 is 3.13 bits per heavy atom. The van der Waals surface area contributed by atoms with Gasteiger partial charge in [-0.15, -0.1) is 0 Å². The highest BCUT2D eigenvalue weighted by Crippen LogP contribution is 2.52. The molecule has 1 heterocycles. The molecule has 0 aromatic carbocycles. The van der Waals surface area contributed by atoms with E-state index in [1.165, 1.54) is 9.81 Å². The first-order valence-electron chi connectivity index (χ1n) is 5.49. The molecule has 2 atom stereocenters. The van der Waals surface area contributed by atoms with Crippen molar-refractivity contribution in [3.63, 3.8) is 0 Å². The summed E-state index contributed by atoms with van der Waals surface area (Å²) in [6.07, 6.45) is 16.8. The van der Waals surface area contributed by atoms with Gasteiger partial charge < -0.3 is 0 Å². The minimum atomic E-state index is 0.655. The average Bonchev–Trinajstić information content (AvgIpc) is 2.43. The molecule has 0 spiro atoms. The first-order chi connectivity index (χ1) is 7.36. The van der Waals surface area contributed by atoms with Crippen molar-refractivity contribution in [2.24, 2.45) is 11.8 Å². The summed E-state index contributed by atoms with van der Waals surface area (Å²) < 4.78 is 0. The summed E-state index contributed by atoms with van der Waals surface area (Å²) in [6.45, 7) is 2.32. The highest BCUT2D eigenvalue weighted by atomic mass is 32.2. The maximum absolute atomic E-state index is 2.32. The van der Waals surface area contributed by atoms with Crippen molar-refractivity contribution in [2.75, 3.05) is 0 Å². The Morgan fingerprint density at radius 2 is 2.20 bits per heavy atom. The molecule has 15 heavy (non-hydrogen) atoms. The summed E-state index contributed by atoms with van der Waals surface area (Å²) in [4.78, 5) is 3.02. The van der Waals surface area contributed by atoms with Gasteiger partial charge in [0.1, 0.15) is 0 Å². The number of allylic oxidation sites excluding steroid dienone is 9. The van der Waals surface area contributed by atoms with Gasteiger partial charge in [-0.1, -0.05) is 55.1 Å². The van der Waals surface area contributed by atoms with E-state index in [2.05, 4.69) is 49.5 Å². The minimum Gasteiger partial charge on any atom is -0.0939 e. The van der Waals surface area contributed by atoms with Crippen LogP contribution in [0.5, 0.6) is 0 Å². The molecule has 3 aliphatic rings. The lowest BCUT2D eigenvalue weighted by molar-refractivity contribution is 0.565. The third-order valence-corrected chi connectivity index (χ3v) is 4.50. The van der Waals surface area contributed by atoms with Gasteiger partial charge in [0, 0.05) is 10.8 Å². The van der Waals surface area contributed by atoms with Gasteiger partial charge in [-0.2, -0.15) is 0 Å². The molecule has 0 saturated heterocycles. The van der Waals surface area contributed by atoms with Gasteiger partial charge in [-0.3, -0.25) is 0 Å². The van der Waals surface area contributed by atoms with E-state index < -0.39 is 0 Å². The van der Waals surface area contributed by atoms with Gasteiger partial charge in [-0.05, 0) is 28.9 Å². The summed E-state index contributed by atoms with van der Waals surface area (Å²) in [7, 11) is 0. The molecule has 76 valence electrons. The largest absolute Gasteiger partial charge is 0.0939 e. The molecule has 0 aromatic heterocycles. The Labute approximate surface area is 95.1 Å². The highest BCUT2D eigenvalue weighted by Gasteiger charge is 2.33. The topological polar surface area (TPSA) is 0 Å². The van der Waals surface area contributed by atoms with Crippen molar-refractivity contribution in [1.29, 1.82) is 0 Å². The van der Waals surface area contributed by atoms with Gasteiger partial charge in [0.15, 0.2) is 0 Å². The molecule has 0 fully saturated rings. The molecule has 1 heteroatoms. The number of hydrogen-bond donors (Lipinski definition) is 0. The van der Waals surface area contributed by atoms with Crippen LogP contribution in [0.3, 0.4) is 0 Å². The molecule has 0 saturated carbocycles. The van der Waals surface area contributed by atoms with Crippen LogP contribution in [0.4, 0.5) is 0 Å². The summed E-state index contributed by atoms with van der Waals surface area (Å²) in [6, 6.07) is 0. The molecule has 3 rings (SSSR count). The molecule has 1 unspecified atom stereocenters. The van der Waals surface area contributed by atoms with Crippen molar-refractivity contribution in [1.82, 2.24) is 0 Å². The van der Waals surface area contributed by atoms with Gasteiger partial charge in [-0.25, -0.2) is 0 Å². The molecular formula is C14H14S. The lowest BCUT2D eigenvalue weighted by atomic mass is 9.82. The van der Waals surface area contributed by atoms with Crippen LogP contribution in [0.25, 0.3) is 0 Å². The molecule has 0 amide bonds. The van der Waals surface area contributed by atoms with E-state index in [4.69, 9.17) is 0 Å². The minimum absolute atomic E-state index is 0.655. The van der Waals surface area contributed by atoms with Crippen LogP contribution < -0.4 is 0 Å². The zero-order chi connectivity index (χ0) is 10.3. The normalized spacial score (nSPS) is 32.5. The molecule has 0 bridgehead atoms. The van der Waals surface area contributed by atoms with Crippen LogP contribution >= 0.6 is 11.8 Å². The van der Waals surface area contributed by atoms with Gasteiger partial charge in [0.2, 0.25) is 0 Å². The Hall–Kier alpha value is -0.950. The maximum Gasteiger partial charge on any atom is 0.0189 e. The SMILES string of the molecule is C[C@@H]1C=CC=C2SC3=C(CC=CC=C3)C21. The fraction of sp³-hybridized carbons (Fsp3) is 0.286. The van der Waals surface area contributed by atoms with Crippen LogP contribution in [0, 0.1) is 11.8 Å². The van der Waals surface area contributed by atoms with E-state index in [1.807, 2.05) is 11.8 Å². The Bertz CT molecular complexity index is 432. The summed E-state index contributed by atoms with van der Waals surface area (Å²) in [5.41, 5.74) is 1.62. The van der Waals surface area contributed by atoms with E-state index in [0.717, 1.165) is 6.42 Å². The second-order valence-electron chi connectivity index (χ2n) is 4.27. The lowest BCUT2D eigenvalue weighted by Crippen LogP contribution is -2.12. The van der Waals surface area contributed by atoms with E-state index in [0.29, 0.717) is 11.8 Å². The average molecular weight is 214 g/mol. The van der Waals surface area contributed by atoms with Crippen molar-refractivity contribution in [2.45, 2.75) is 13.3 Å². The summed E-state index contributed by atoms with van der Waals surface area (Å²) in [5, 5.41) is 0.